The number of anilines is 2. The number of aromatic nitrogens is 1. The van der Waals surface area contributed by atoms with E-state index in [-0.39, 0.29) is 5.91 Å². The van der Waals surface area contributed by atoms with Gasteiger partial charge in [0.1, 0.15) is 5.82 Å². The monoisotopic (exact) mass is 402 g/mol. The number of fused-ring (bicyclic) bond motifs is 1. The van der Waals surface area contributed by atoms with Gasteiger partial charge in [0.15, 0.2) is 0 Å². The zero-order valence-electron chi connectivity index (χ0n) is 17.6. The van der Waals surface area contributed by atoms with E-state index in [1.807, 2.05) is 24.3 Å². The number of pyridine rings is 1. The van der Waals surface area contributed by atoms with Crippen LogP contribution in [0.4, 0.5) is 11.5 Å². The Kier molecular flexibility index (Phi) is 6.60. The Morgan fingerprint density at radius 3 is 2.80 bits per heavy atom. The van der Waals surface area contributed by atoms with Crippen LogP contribution >= 0.6 is 0 Å². The van der Waals surface area contributed by atoms with E-state index in [1.54, 1.807) is 0 Å². The van der Waals surface area contributed by atoms with E-state index in [1.165, 1.54) is 5.56 Å². The molecule has 1 fully saturated rings. The molecule has 1 saturated heterocycles. The molecule has 0 spiro atoms. The van der Waals surface area contributed by atoms with E-state index in [0.29, 0.717) is 12.5 Å². The number of hydrogen-bond acceptors (Lipinski definition) is 4. The maximum absolute atomic E-state index is 12.1. The highest BCUT2D eigenvalue weighted by Crippen LogP contribution is 2.25. The van der Waals surface area contributed by atoms with Crippen molar-refractivity contribution in [2.75, 3.05) is 23.7 Å². The Hall–Kier alpha value is -2.92. The van der Waals surface area contributed by atoms with Gasteiger partial charge in [0, 0.05) is 37.5 Å². The summed E-state index contributed by atoms with van der Waals surface area (Å²) in [4.78, 5) is 19.4. The smallest absolute Gasteiger partial charge is 0.224 e. The molecule has 1 atom stereocenters. The summed E-state index contributed by atoms with van der Waals surface area (Å²) in [6.07, 6.45) is 3.59. The molecule has 1 aliphatic rings. The van der Waals surface area contributed by atoms with Crippen molar-refractivity contribution < 1.29 is 4.79 Å². The number of carbonyl (C=O) groups is 1. The molecule has 1 aliphatic heterocycles. The molecule has 0 aliphatic carbocycles. The predicted molar refractivity (Wildman–Crippen MR) is 124 cm³/mol. The highest BCUT2D eigenvalue weighted by Gasteiger charge is 2.22. The normalized spacial score (nSPS) is 16.6. The second kappa shape index (κ2) is 9.72. The molecule has 2 aromatic carbocycles. The third-order valence-electron chi connectivity index (χ3n) is 5.64. The van der Waals surface area contributed by atoms with Gasteiger partial charge >= 0.3 is 0 Å². The second-order valence-electron chi connectivity index (χ2n) is 8.07. The fraction of sp³-hybridized carbons (Fsp3) is 0.360. The van der Waals surface area contributed by atoms with Gasteiger partial charge in [0.2, 0.25) is 5.91 Å². The molecule has 2 heterocycles. The zero-order chi connectivity index (χ0) is 20.8. The van der Waals surface area contributed by atoms with Gasteiger partial charge in [-0.2, -0.15) is 0 Å². The number of amides is 1. The quantitative estimate of drug-likeness (QED) is 0.554. The Bertz CT molecular complexity index is 989. The minimum absolute atomic E-state index is 0.0658. The van der Waals surface area contributed by atoms with E-state index in [0.717, 1.165) is 61.3 Å². The summed E-state index contributed by atoms with van der Waals surface area (Å²) in [7, 11) is 0. The first-order valence-electron chi connectivity index (χ1n) is 10.9. The van der Waals surface area contributed by atoms with Gasteiger partial charge in [0.05, 0.1) is 11.2 Å². The molecular formula is C25H30N4O. The van der Waals surface area contributed by atoms with Crippen LogP contribution in [-0.2, 0) is 11.3 Å². The number of benzene rings is 2. The molecule has 156 valence electrons. The van der Waals surface area contributed by atoms with Crippen LogP contribution < -0.4 is 10.6 Å². The summed E-state index contributed by atoms with van der Waals surface area (Å²) < 4.78 is 0. The van der Waals surface area contributed by atoms with Crippen molar-refractivity contribution in [2.24, 2.45) is 0 Å². The van der Waals surface area contributed by atoms with E-state index in [2.05, 4.69) is 58.9 Å². The minimum Gasteiger partial charge on any atom is -0.366 e. The van der Waals surface area contributed by atoms with Crippen molar-refractivity contribution in [3.63, 3.8) is 0 Å². The topological polar surface area (TPSA) is 57.3 Å². The molecule has 1 aromatic heterocycles. The number of nitrogens with one attached hydrogen (secondary N) is 2. The second-order valence-corrected chi connectivity index (χ2v) is 8.07. The van der Waals surface area contributed by atoms with E-state index < -0.39 is 0 Å². The number of hydrogen-bond donors (Lipinski definition) is 2. The lowest BCUT2D eigenvalue weighted by Crippen LogP contribution is -2.26. The molecule has 0 saturated carbocycles. The molecule has 1 unspecified atom stereocenters. The molecule has 3 aromatic rings. The average Bonchev–Trinajstić information content (AvgIpc) is 3.19. The molecule has 1 amide bonds. The van der Waals surface area contributed by atoms with Gasteiger partial charge in [0.25, 0.3) is 0 Å². The minimum atomic E-state index is 0.0658. The van der Waals surface area contributed by atoms with Gasteiger partial charge in [-0.3, -0.25) is 9.69 Å². The van der Waals surface area contributed by atoms with Crippen molar-refractivity contribution in [1.29, 1.82) is 0 Å². The molecule has 4 rings (SSSR count). The summed E-state index contributed by atoms with van der Waals surface area (Å²) in [6.45, 7) is 5.19. The zero-order valence-corrected chi connectivity index (χ0v) is 17.6. The highest BCUT2D eigenvalue weighted by atomic mass is 16.1. The summed E-state index contributed by atoms with van der Waals surface area (Å²) in [6, 6.07) is 21.0. The van der Waals surface area contributed by atoms with Crippen LogP contribution in [-0.4, -0.2) is 34.9 Å². The van der Waals surface area contributed by atoms with Crippen LogP contribution in [0.3, 0.4) is 0 Å². The summed E-state index contributed by atoms with van der Waals surface area (Å²) in [5, 5.41) is 7.61. The van der Waals surface area contributed by atoms with Crippen LogP contribution in [0.5, 0.6) is 0 Å². The maximum Gasteiger partial charge on any atom is 0.224 e. The SMILES string of the molecule is CCCCC(=O)Nc1cccc2nc(NC3CCN(Cc4ccccc4)C3)ccc12. The number of likely N-dealkylation sites (tertiary alicyclic amines) is 1. The van der Waals surface area contributed by atoms with Crippen molar-refractivity contribution in [1.82, 2.24) is 9.88 Å². The fourth-order valence-corrected chi connectivity index (χ4v) is 4.04. The van der Waals surface area contributed by atoms with Crippen molar-refractivity contribution >= 4 is 28.3 Å². The van der Waals surface area contributed by atoms with Gasteiger partial charge in [-0.25, -0.2) is 4.98 Å². The summed E-state index contributed by atoms with van der Waals surface area (Å²) in [5.74, 6) is 0.958. The first-order chi connectivity index (χ1) is 14.7. The van der Waals surface area contributed by atoms with E-state index in [9.17, 15) is 4.79 Å². The first-order valence-corrected chi connectivity index (χ1v) is 10.9. The van der Waals surface area contributed by atoms with Crippen LogP contribution in [0.1, 0.15) is 38.2 Å². The van der Waals surface area contributed by atoms with Crippen molar-refractivity contribution in [3.8, 4) is 0 Å². The van der Waals surface area contributed by atoms with Gasteiger partial charge in [-0.05, 0) is 42.7 Å². The van der Waals surface area contributed by atoms with Gasteiger partial charge in [-0.15, -0.1) is 0 Å². The van der Waals surface area contributed by atoms with Crippen LogP contribution in [0.25, 0.3) is 10.9 Å². The van der Waals surface area contributed by atoms with Gasteiger partial charge < -0.3 is 10.6 Å². The number of nitrogens with zero attached hydrogens (tertiary/aromatic N) is 2. The Balaban J connectivity index is 1.39. The van der Waals surface area contributed by atoms with Crippen LogP contribution in [0, 0.1) is 0 Å². The number of unbranched alkanes of at least 4 members (excludes halogenated alkanes) is 1. The third-order valence-corrected chi connectivity index (χ3v) is 5.64. The lowest BCUT2D eigenvalue weighted by atomic mass is 10.1. The third kappa shape index (κ3) is 5.16. The predicted octanol–water partition coefficient (Wildman–Crippen LogP) is 5.05. The summed E-state index contributed by atoms with van der Waals surface area (Å²) in [5.41, 5.74) is 3.09. The molecule has 0 radical (unpaired) electrons. The number of rotatable bonds is 8. The molecule has 0 bridgehead atoms. The largest absolute Gasteiger partial charge is 0.366 e. The standard InChI is InChI=1S/C25H30N4O/c1-2-3-12-25(30)28-23-11-7-10-22-21(23)13-14-24(27-22)26-20-15-16-29(18-20)17-19-8-5-4-6-9-19/h4-11,13-14,20H,2-3,12,15-18H2,1H3,(H,26,27)(H,28,30). The Morgan fingerprint density at radius 1 is 1.10 bits per heavy atom. The highest BCUT2D eigenvalue weighted by molar-refractivity contribution is 6.01. The average molecular weight is 403 g/mol. The van der Waals surface area contributed by atoms with Crippen LogP contribution in [0.15, 0.2) is 60.7 Å². The Morgan fingerprint density at radius 2 is 1.97 bits per heavy atom. The van der Waals surface area contributed by atoms with E-state index >= 15 is 0 Å². The lowest BCUT2D eigenvalue weighted by molar-refractivity contribution is -0.116. The molecule has 5 heteroatoms. The molecule has 5 nitrogen and oxygen atoms in total. The summed E-state index contributed by atoms with van der Waals surface area (Å²) >= 11 is 0. The number of carbonyl (C=O) groups excluding carboxylic acids is 1. The Labute approximate surface area is 178 Å². The lowest BCUT2D eigenvalue weighted by Gasteiger charge is -2.17. The van der Waals surface area contributed by atoms with E-state index in [4.69, 9.17) is 4.98 Å². The van der Waals surface area contributed by atoms with Crippen LogP contribution in [0.2, 0.25) is 0 Å². The first kappa shape index (κ1) is 20.4. The molecular weight excluding hydrogens is 372 g/mol. The molecule has 2 N–H and O–H groups in total. The van der Waals surface area contributed by atoms with Crippen molar-refractivity contribution in [3.05, 3.63) is 66.2 Å². The van der Waals surface area contributed by atoms with Gasteiger partial charge in [-0.1, -0.05) is 49.7 Å². The van der Waals surface area contributed by atoms with Crippen molar-refractivity contribution in [2.45, 2.75) is 45.2 Å². The molecule has 30 heavy (non-hydrogen) atoms. The fourth-order valence-electron chi connectivity index (χ4n) is 4.04. The maximum atomic E-state index is 12.1.